The molecule has 0 spiro atoms. The van der Waals surface area contributed by atoms with Gasteiger partial charge in [0.15, 0.2) is 0 Å². The Balaban J connectivity index is 1.94. The number of aryl methyl sites for hydroxylation is 1. The zero-order valence-electron chi connectivity index (χ0n) is 22.9. The summed E-state index contributed by atoms with van der Waals surface area (Å²) in [5.41, 5.74) is 2.44. The van der Waals surface area contributed by atoms with Gasteiger partial charge in [0.05, 0.1) is 66.5 Å². The van der Waals surface area contributed by atoms with Crippen LogP contribution in [0.15, 0.2) is 58.9 Å². The molecule has 0 saturated heterocycles. The second-order valence-corrected chi connectivity index (χ2v) is 10.7. The zero-order valence-corrected chi connectivity index (χ0v) is 23.7. The summed E-state index contributed by atoms with van der Waals surface area (Å²) in [4.78, 5) is 16.7. The van der Waals surface area contributed by atoms with Gasteiger partial charge in [-0.3, -0.25) is 9.48 Å². The number of aromatic nitrogens is 2. The van der Waals surface area contributed by atoms with Crippen LogP contribution in [0, 0.1) is 0 Å². The van der Waals surface area contributed by atoms with Crippen LogP contribution in [0.25, 0.3) is 17.0 Å². The standard InChI is InChI=1S/C27H29B3N4O5S/c1-16(25(37)34(27(28,29)30)26(2,14-35)15-36)20-12-39-23-11-22(38-5)18(21-6-8-32(3)31-21)10-19(23)24(20)33(4)17-7-9-40-13-17/h6-11,13,35-36H,1,12,14-15H2,2-5H3. The molecule has 1 aromatic carbocycles. The molecule has 1 aliphatic rings. The summed E-state index contributed by atoms with van der Waals surface area (Å²) in [6.45, 7) is 4.17. The SMILES string of the molecule is [B]C([B])([B])N(C(=O)C(=C)C1=C(N(C)c2ccsc2)c2cc(-c3ccn(C)n3)c(OC)cc2OC1)C(C)(CO)CO. The first-order valence-electron chi connectivity index (χ1n) is 12.3. The van der Waals surface area contributed by atoms with E-state index in [2.05, 4.69) is 11.7 Å². The Morgan fingerprint density at radius 2 is 1.95 bits per heavy atom. The number of ether oxygens (including phenoxy) is 2. The Labute approximate surface area is 241 Å². The number of amides is 1. The number of aliphatic hydroxyl groups excluding tert-OH is 2. The van der Waals surface area contributed by atoms with Crippen molar-refractivity contribution in [3.63, 3.8) is 0 Å². The first kappa shape index (κ1) is 29.6. The monoisotopic (exact) mass is 554 g/mol. The molecule has 0 saturated carbocycles. The van der Waals surface area contributed by atoms with E-state index in [1.807, 2.05) is 54.2 Å². The van der Waals surface area contributed by atoms with Crippen molar-refractivity contribution in [3.05, 3.63) is 64.5 Å². The number of benzene rings is 1. The number of hydrogen-bond acceptors (Lipinski definition) is 8. The maximum Gasteiger partial charge on any atom is 0.252 e. The molecule has 0 atom stereocenters. The fourth-order valence-electron chi connectivity index (χ4n) is 4.71. The second kappa shape index (κ2) is 11.2. The van der Waals surface area contributed by atoms with Gasteiger partial charge in [-0.1, -0.05) is 11.8 Å². The fraction of sp³-hybridized carbons (Fsp3) is 0.333. The number of fused-ring (bicyclic) bond motifs is 1. The van der Waals surface area contributed by atoms with Crippen molar-refractivity contribution >= 4 is 52.2 Å². The number of carbonyl (C=O) groups is 1. The topological polar surface area (TPSA) is 100 Å². The van der Waals surface area contributed by atoms with Gasteiger partial charge in [-0.2, -0.15) is 16.4 Å². The Bertz CT molecular complexity index is 1440. The maximum absolute atomic E-state index is 13.9. The molecule has 202 valence electrons. The summed E-state index contributed by atoms with van der Waals surface area (Å²) >= 11 is 1.52. The number of methoxy groups -OCH3 is 1. The van der Waals surface area contributed by atoms with Gasteiger partial charge >= 0.3 is 0 Å². The highest BCUT2D eigenvalue weighted by Gasteiger charge is 2.42. The van der Waals surface area contributed by atoms with Crippen LogP contribution in [0.3, 0.4) is 0 Å². The lowest BCUT2D eigenvalue weighted by atomic mass is 9.47. The molecule has 1 aliphatic heterocycles. The fourth-order valence-corrected chi connectivity index (χ4v) is 5.38. The van der Waals surface area contributed by atoms with Crippen LogP contribution < -0.4 is 14.4 Å². The Morgan fingerprint density at radius 3 is 2.48 bits per heavy atom. The molecule has 1 amide bonds. The predicted molar refractivity (Wildman–Crippen MR) is 159 cm³/mol. The lowest BCUT2D eigenvalue weighted by Crippen LogP contribution is -2.66. The lowest BCUT2D eigenvalue weighted by molar-refractivity contribution is -0.137. The first-order valence-corrected chi connectivity index (χ1v) is 13.3. The molecular formula is C27H29B3N4O5S. The van der Waals surface area contributed by atoms with Crippen LogP contribution in [0.1, 0.15) is 12.5 Å². The van der Waals surface area contributed by atoms with E-state index in [0.29, 0.717) is 34.0 Å². The van der Waals surface area contributed by atoms with E-state index in [0.717, 1.165) is 16.2 Å². The lowest BCUT2D eigenvalue weighted by Gasteiger charge is -2.49. The Kier molecular flexibility index (Phi) is 8.30. The molecule has 4 rings (SSSR count). The molecule has 9 nitrogen and oxygen atoms in total. The maximum atomic E-state index is 13.9. The smallest absolute Gasteiger partial charge is 0.252 e. The highest BCUT2D eigenvalue weighted by atomic mass is 32.1. The van der Waals surface area contributed by atoms with Crippen molar-refractivity contribution in [2.75, 3.05) is 38.9 Å². The molecule has 2 aromatic heterocycles. The van der Waals surface area contributed by atoms with Gasteiger partial charge in [-0.05, 0) is 30.5 Å². The van der Waals surface area contributed by atoms with Gasteiger partial charge in [-0.25, -0.2) is 0 Å². The molecule has 0 unspecified atom stereocenters. The largest absolute Gasteiger partial charge is 0.496 e. The number of rotatable bonds is 10. The molecular weight excluding hydrogens is 525 g/mol. The van der Waals surface area contributed by atoms with E-state index in [4.69, 9.17) is 33.0 Å². The molecule has 0 fully saturated rings. The van der Waals surface area contributed by atoms with Crippen molar-refractivity contribution in [1.29, 1.82) is 0 Å². The van der Waals surface area contributed by atoms with Crippen molar-refractivity contribution in [2.24, 2.45) is 7.05 Å². The van der Waals surface area contributed by atoms with Crippen molar-refractivity contribution in [3.8, 4) is 22.8 Å². The minimum atomic E-state index is -2.22. The van der Waals surface area contributed by atoms with Gasteiger partial charge in [0.2, 0.25) is 0 Å². The highest BCUT2D eigenvalue weighted by molar-refractivity contribution is 7.08. The number of thiophene rings is 1. The van der Waals surface area contributed by atoms with Crippen LogP contribution in [0.2, 0.25) is 0 Å². The van der Waals surface area contributed by atoms with Gasteiger partial charge in [0.25, 0.3) is 5.91 Å². The molecule has 0 bridgehead atoms. The third-order valence-electron chi connectivity index (χ3n) is 6.87. The molecule has 2 N–H and O–H groups in total. The average molecular weight is 554 g/mol. The van der Waals surface area contributed by atoms with Crippen molar-refractivity contribution in [1.82, 2.24) is 14.7 Å². The van der Waals surface area contributed by atoms with Gasteiger partial charge in [0, 0.05) is 54.0 Å². The van der Waals surface area contributed by atoms with Gasteiger partial charge < -0.3 is 29.5 Å². The van der Waals surface area contributed by atoms with Gasteiger partial charge in [0.1, 0.15) is 18.1 Å². The third kappa shape index (κ3) is 5.33. The van der Waals surface area contributed by atoms with Crippen molar-refractivity contribution < 1.29 is 24.5 Å². The molecule has 3 heterocycles. The number of nitrogens with zero attached hydrogens (tertiary/aromatic N) is 4. The predicted octanol–water partition coefficient (Wildman–Crippen LogP) is 1.64. The Morgan fingerprint density at radius 1 is 1.25 bits per heavy atom. The molecule has 6 radical (unpaired) electrons. The number of aliphatic hydroxyl groups is 2. The summed E-state index contributed by atoms with van der Waals surface area (Å²) in [6, 6.07) is 7.50. The molecule has 3 aromatic rings. The normalized spacial score (nSPS) is 13.4. The van der Waals surface area contributed by atoms with Gasteiger partial charge in [-0.15, -0.1) is 0 Å². The van der Waals surface area contributed by atoms with Crippen LogP contribution in [0.5, 0.6) is 11.5 Å². The number of carbonyl (C=O) groups excluding carboxylic acids is 1. The first-order chi connectivity index (χ1) is 18.9. The Hall–Kier alpha value is -3.41. The zero-order chi connectivity index (χ0) is 29.4. The summed E-state index contributed by atoms with van der Waals surface area (Å²) in [7, 11) is 23.2. The summed E-state index contributed by atoms with van der Waals surface area (Å²) < 4.78 is 13.5. The number of anilines is 1. The summed E-state index contributed by atoms with van der Waals surface area (Å²) in [5, 5.41) is 26.3. The molecule has 40 heavy (non-hydrogen) atoms. The van der Waals surface area contributed by atoms with Crippen LogP contribution in [-0.2, 0) is 11.8 Å². The van der Waals surface area contributed by atoms with E-state index < -0.39 is 29.9 Å². The van der Waals surface area contributed by atoms with Crippen LogP contribution in [0.4, 0.5) is 5.69 Å². The highest BCUT2D eigenvalue weighted by Crippen LogP contribution is 2.45. The van der Waals surface area contributed by atoms with E-state index >= 15 is 0 Å². The van der Waals surface area contributed by atoms with Crippen LogP contribution >= 0.6 is 11.3 Å². The minimum Gasteiger partial charge on any atom is -0.496 e. The van der Waals surface area contributed by atoms with E-state index in [-0.39, 0.29) is 12.2 Å². The third-order valence-corrected chi connectivity index (χ3v) is 7.54. The minimum absolute atomic E-state index is 0.0169. The van der Waals surface area contributed by atoms with E-state index in [9.17, 15) is 15.0 Å². The summed E-state index contributed by atoms with van der Waals surface area (Å²) in [6.07, 6.45) is 1.83. The molecule has 0 aliphatic carbocycles. The van der Waals surface area contributed by atoms with Crippen LogP contribution in [-0.4, -0.2) is 99.1 Å². The van der Waals surface area contributed by atoms with E-state index in [1.165, 1.54) is 18.3 Å². The molecule has 13 heteroatoms. The second-order valence-electron chi connectivity index (χ2n) is 9.90. The quantitative estimate of drug-likeness (QED) is 0.291. The summed E-state index contributed by atoms with van der Waals surface area (Å²) in [5.74, 6) is 0.339. The van der Waals surface area contributed by atoms with Crippen molar-refractivity contribution in [2.45, 2.75) is 17.7 Å². The van der Waals surface area contributed by atoms with E-state index in [1.54, 1.807) is 17.9 Å². The average Bonchev–Trinajstić information content (AvgIpc) is 3.62. The number of hydrogen-bond donors (Lipinski definition) is 2.